The molecule has 1 aromatic carbocycles. The Bertz CT molecular complexity index is 1170. The molecule has 0 saturated heterocycles. The SMILES string of the molecule is CC#C[C@]1(O)CC[C@H]2[C@@H]3CCc4cc(C(=O)Nc5ncccc5C)ccc4[C@H]3[C@@H](O)C[C@@]21C. The van der Waals surface area contributed by atoms with Crippen molar-refractivity contribution in [2.75, 3.05) is 5.32 Å². The summed E-state index contributed by atoms with van der Waals surface area (Å²) in [4.78, 5) is 17.1. The minimum Gasteiger partial charge on any atom is -0.392 e. The largest absolute Gasteiger partial charge is 0.392 e. The molecule has 0 aliphatic heterocycles. The second-order valence-corrected chi connectivity index (χ2v) is 10.3. The minimum absolute atomic E-state index is 0.0407. The molecule has 3 N–H and O–H groups in total. The second kappa shape index (κ2) is 7.97. The fraction of sp³-hybridized carbons (Fsp3) is 0.500. The van der Waals surface area contributed by atoms with Crippen molar-refractivity contribution in [3.63, 3.8) is 0 Å². The summed E-state index contributed by atoms with van der Waals surface area (Å²) in [6, 6.07) is 9.64. The quantitative estimate of drug-likeness (QED) is 0.606. The van der Waals surface area contributed by atoms with E-state index >= 15 is 0 Å². The van der Waals surface area contributed by atoms with Crippen LogP contribution in [0.2, 0.25) is 0 Å². The van der Waals surface area contributed by atoms with Crippen LogP contribution in [0.1, 0.15) is 72.5 Å². The highest BCUT2D eigenvalue weighted by Crippen LogP contribution is 2.64. The number of fused-ring (bicyclic) bond motifs is 5. The molecule has 1 heterocycles. The third-order valence-corrected chi connectivity index (χ3v) is 8.69. The molecule has 0 spiro atoms. The van der Waals surface area contributed by atoms with Gasteiger partial charge in [-0.05, 0) is 92.7 Å². The molecule has 2 saturated carbocycles. The van der Waals surface area contributed by atoms with Crippen LogP contribution in [0.25, 0.3) is 0 Å². The maximum atomic E-state index is 12.9. The number of hydrogen-bond acceptors (Lipinski definition) is 4. The average molecular weight is 445 g/mol. The van der Waals surface area contributed by atoms with Crippen molar-refractivity contribution in [1.29, 1.82) is 0 Å². The number of aryl methyl sites for hydroxylation is 2. The normalized spacial score (nSPS) is 34.3. The number of benzene rings is 1. The molecule has 5 nitrogen and oxygen atoms in total. The number of amides is 1. The van der Waals surface area contributed by atoms with Crippen molar-refractivity contribution in [2.24, 2.45) is 17.3 Å². The molecule has 3 aliphatic carbocycles. The Morgan fingerprint density at radius 2 is 2.09 bits per heavy atom. The van der Waals surface area contributed by atoms with Crippen molar-refractivity contribution in [2.45, 2.75) is 70.5 Å². The van der Waals surface area contributed by atoms with Crippen LogP contribution in [-0.4, -0.2) is 32.8 Å². The van der Waals surface area contributed by atoms with E-state index in [0.717, 1.165) is 36.0 Å². The van der Waals surface area contributed by atoms with Gasteiger partial charge in [-0.1, -0.05) is 25.0 Å². The van der Waals surface area contributed by atoms with Crippen LogP contribution in [0.3, 0.4) is 0 Å². The average Bonchev–Trinajstić information content (AvgIpc) is 3.05. The summed E-state index contributed by atoms with van der Waals surface area (Å²) in [5.41, 5.74) is 2.41. The zero-order valence-electron chi connectivity index (χ0n) is 19.6. The highest BCUT2D eigenvalue weighted by atomic mass is 16.3. The Morgan fingerprint density at radius 1 is 1.27 bits per heavy atom. The molecule has 1 amide bonds. The molecule has 6 atom stereocenters. The number of nitrogens with one attached hydrogen (secondary N) is 1. The van der Waals surface area contributed by atoms with E-state index in [4.69, 9.17) is 0 Å². The van der Waals surface area contributed by atoms with E-state index in [0.29, 0.717) is 36.1 Å². The summed E-state index contributed by atoms with van der Waals surface area (Å²) in [6.45, 7) is 5.82. The molecule has 0 bridgehead atoms. The molecule has 2 aromatic rings. The zero-order chi connectivity index (χ0) is 23.4. The Balaban J connectivity index is 1.42. The summed E-state index contributed by atoms with van der Waals surface area (Å²) in [5, 5.41) is 25.6. The van der Waals surface area contributed by atoms with Gasteiger partial charge in [0.15, 0.2) is 0 Å². The first-order valence-corrected chi connectivity index (χ1v) is 12.0. The highest BCUT2D eigenvalue weighted by Gasteiger charge is 2.63. The van der Waals surface area contributed by atoms with E-state index in [-0.39, 0.29) is 11.8 Å². The fourth-order valence-corrected chi connectivity index (χ4v) is 7.02. The number of carbonyl (C=O) groups is 1. The number of carbonyl (C=O) groups excluding carboxylic acids is 1. The summed E-state index contributed by atoms with van der Waals surface area (Å²) >= 11 is 0. The number of aromatic nitrogens is 1. The summed E-state index contributed by atoms with van der Waals surface area (Å²) in [5.74, 6) is 7.10. The molecule has 2 fully saturated rings. The number of aliphatic hydroxyl groups excluding tert-OH is 1. The molecular formula is C28H32N2O3. The first-order chi connectivity index (χ1) is 15.8. The Hall–Kier alpha value is -2.68. The predicted octanol–water partition coefficient (Wildman–Crippen LogP) is 4.22. The predicted molar refractivity (Wildman–Crippen MR) is 128 cm³/mol. The number of rotatable bonds is 2. The van der Waals surface area contributed by atoms with Crippen LogP contribution in [0.5, 0.6) is 0 Å². The van der Waals surface area contributed by atoms with Crippen molar-refractivity contribution in [1.82, 2.24) is 4.98 Å². The smallest absolute Gasteiger partial charge is 0.256 e. The third-order valence-electron chi connectivity index (χ3n) is 8.69. The van der Waals surface area contributed by atoms with Crippen LogP contribution in [0.15, 0.2) is 36.5 Å². The van der Waals surface area contributed by atoms with Crippen LogP contribution >= 0.6 is 0 Å². The van der Waals surface area contributed by atoms with Gasteiger partial charge in [-0.25, -0.2) is 4.98 Å². The maximum Gasteiger partial charge on any atom is 0.256 e. The van der Waals surface area contributed by atoms with Gasteiger partial charge in [-0.2, -0.15) is 0 Å². The molecular weight excluding hydrogens is 412 g/mol. The minimum atomic E-state index is -1.02. The first kappa shape index (κ1) is 22.1. The summed E-state index contributed by atoms with van der Waals surface area (Å²) in [7, 11) is 0. The monoisotopic (exact) mass is 444 g/mol. The van der Waals surface area contributed by atoms with Gasteiger partial charge in [0.25, 0.3) is 5.91 Å². The molecule has 0 unspecified atom stereocenters. The van der Waals surface area contributed by atoms with Gasteiger partial charge in [-0.3, -0.25) is 4.79 Å². The van der Waals surface area contributed by atoms with E-state index in [2.05, 4.69) is 29.1 Å². The first-order valence-electron chi connectivity index (χ1n) is 12.0. The standard InChI is InChI=1S/C28H32N2O3/c1-4-12-28(33)13-11-22-21-10-7-18-15-19(26(32)30-25-17(2)6-5-14-29-25)8-9-20(18)24(21)23(31)16-27(22,28)3/h5-6,8-9,14-15,21-24,31,33H,7,10-11,13,16H2,1-3H3,(H,29,30,32)/t21-,22-,23-,24+,27-,28-/m0/s1. The van der Waals surface area contributed by atoms with Gasteiger partial charge in [0.05, 0.1) is 6.10 Å². The van der Waals surface area contributed by atoms with E-state index in [1.54, 1.807) is 13.1 Å². The topological polar surface area (TPSA) is 82.5 Å². The Labute approximate surface area is 195 Å². The van der Waals surface area contributed by atoms with Gasteiger partial charge in [0.1, 0.15) is 11.4 Å². The summed E-state index contributed by atoms with van der Waals surface area (Å²) < 4.78 is 0. The molecule has 33 heavy (non-hydrogen) atoms. The van der Waals surface area contributed by atoms with Crippen LogP contribution in [0.4, 0.5) is 5.82 Å². The summed E-state index contributed by atoms with van der Waals surface area (Å²) in [6.07, 6.45) is 5.12. The van der Waals surface area contributed by atoms with E-state index < -0.39 is 17.1 Å². The molecule has 5 heteroatoms. The molecule has 172 valence electrons. The van der Waals surface area contributed by atoms with Gasteiger partial charge in [-0.15, -0.1) is 5.92 Å². The van der Waals surface area contributed by atoms with Gasteiger partial charge in [0.2, 0.25) is 0 Å². The number of nitrogens with zero attached hydrogens (tertiary/aromatic N) is 1. The Kier molecular flexibility index (Phi) is 5.34. The second-order valence-electron chi connectivity index (χ2n) is 10.3. The van der Waals surface area contributed by atoms with Gasteiger partial charge >= 0.3 is 0 Å². The number of anilines is 1. The van der Waals surface area contributed by atoms with Crippen molar-refractivity contribution in [3.8, 4) is 11.8 Å². The van der Waals surface area contributed by atoms with Crippen LogP contribution < -0.4 is 5.32 Å². The zero-order valence-corrected chi connectivity index (χ0v) is 19.6. The van der Waals surface area contributed by atoms with E-state index in [9.17, 15) is 15.0 Å². The van der Waals surface area contributed by atoms with Gasteiger partial charge in [0, 0.05) is 23.1 Å². The number of pyridine rings is 1. The molecule has 0 radical (unpaired) electrons. The van der Waals surface area contributed by atoms with Crippen molar-refractivity contribution < 1.29 is 15.0 Å². The molecule has 5 rings (SSSR count). The van der Waals surface area contributed by atoms with Gasteiger partial charge < -0.3 is 15.5 Å². The van der Waals surface area contributed by atoms with E-state index in [1.807, 2.05) is 37.3 Å². The third kappa shape index (κ3) is 3.39. The highest BCUT2D eigenvalue weighted by molar-refractivity contribution is 6.04. The lowest BCUT2D eigenvalue weighted by atomic mass is 9.52. The van der Waals surface area contributed by atoms with Crippen molar-refractivity contribution in [3.05, 3.63) is 58.8 Å². The Morgan fingerprint density at radius 3 is 2.85 bits per heavy atom. The van der Waals surface area contributed by atoms with Crippen LogP contribution in [-0.2, 0) is 6.42 Å². The van der Waals surface area contributed by atoms with Crippen LogP contribution in [0, 0.1) is 36.0 Å². The van der Waals surface area contributed by atoms with Crippen molar-refractivity contribution >= 4 is 11.7 Å². The lowest BCUT2D eigenvalue weighted by molar-refractivity contribution is -0.107. The number of aliphatic hydroxyl groups is 2. The lowest BCUT2D eigenvalue weighted by Crippen LogP contribution is -2.54. The molecule has 1 aromatic heterocycles. The lowest BCUT2D eigenvalue weighted by Gasteiger charge is -2.54. The van der Waals surface area contributed by atoms with E-state index in [1.165, 1.54) is 0 Å². The molecule has 3 aliphatic rings. The maximum absolute atomic E-state index is 12.9. The number of hydrogen-bond donors (Lipinski definition) is 3. The fourth-order valence-electron chi connectivity index (χ4n) is 7.02.